The summed E-state index contributed by atoms with van der Waals surface area (Å²) in [6.45, 7) is 6.10. The molecule has 1 aromatic carbocycles. The molecule has 1 aromatic rings. The molecule has 1 atom stereocenters. The molecule has 0 amide bonds. The zero-order valence-electron chi connectivity index (χ0n) is 11.9. The molecular weight excluding hydrogens is 236 g/mol. The molecule has 1 aliphatic heterocycles. The van der Waals surface area contributed by atoms with E-state index < -0.39 is 0 Å². The summed E-state index contributed by atoms with van der Waals surface area (Å²) < 4.78 is 0. The predicted octanol–water partition coefficient (Wildman–Crippen LogP) is 2.26. The average Bonchev–Trinajstić information content (AvgIpc) is 2.48. The van der Waals surface area contributed by atoms with Crippen LogP contribution in [0.15, 0.2) is 30.3 Å². The Kier molecular flexibility index (Phi) is 5.67. The Bertz CT molecular complexity index is 349. The molecule has 0 radical (unpaired) electrons. The van der Waals surface area contributed by atoms with Gasteiger partial charge in [0.15, 0.2) is 0 Å². The zero-order valence-corrected chi connectivity index (χ0v) is 11.9. The Morgan fingerprint density at radius 2 is 1.95 bits per heavy atom. The molecule has 19 heavy (non-hydrogen) atoms. The summed E-state index contributed by atoms with van der Waals surface area (Å²) >= 11 is 0. The summed E-state index contributed by atoms with van der Waals surface area (Å²) in [4.78, 5) is 2.35. The van der Waals surface area contributed by atoms with E-state index in [4.69, 9.17) is 0 Å². The van der Waals surface area contributed by atoms with Crippen molar-refractivity contribution in [2.75, 3.05) is 31.1 Å². The SMILES string of the molecule is CC[C@@H](O)CN(CC1CCNCC1)c1ccccc1. The van der Waals surface area contributed by atoms with Gasteiger partial charge in [-0.25, -0.2) is 0 Å². The standard InChI is InChI=1S/C16H26N2O/c1-2-16(19)13-18(15-6-4-3-5-7-15)12-14-8-10-17-11-9-14/h3-7,14,16-17,19H,2,8-13H2,1H3/t16-/m1/s1. The molecular formula is C16H26N2O. The highest BCUT2D eigenvalue weighted by Crippen LogP contribution is 2.20. The number of anilines is 1. The second-order valence-electron chi connectivity index (χ2n) is 5.50. The van der Waals surface area contributed by atoms with Gasteiger partial charge >= 0.3 is 0 Å². The molecule has 3 nitrogen and oxygen atoms in total. The lowest BCUT2D eigenvalue weighted by molar-refractivity contribution is 0.173. The van der Waals surface area contributed by atoms with Crippen LogP contribution in [0.25, 0.3) is 0 Å². The van der Waals surface area contributed by atoms with Crippen molar-refractivity contribution in [1.29, 1.82) is 0 Å². The monoisotopic (exact) mass is 262 g/mol. The van der Waals surface area contributed by atoms with Crippen molar-refractivity contribution in [2.45, 2.75) is 32.3 Å². The van der Waals surface area contributed by atoms with Gasteiger partial charge in [-0.1, -0.05) is 25.1 Å². The maximum absolute atomic E-state index is 9.97. The Hall–Kier alpha value is -1.06. The number of hydrogen-bond donors (Lipinski definition) is 2. The zero-order chi connectivity index (χ0) is 13.5. The van der Waals surface area contributed by atoms with E-state index >= 15 is 0 Å². The summed E-state index contributed by atoms with van der Waals surface area (Å²) in [5.41, 5.74) is 1.23. The number of para-hydroxylation sites is 1. The molecule has 1 heterocycles. The number of hydrogen-bond acceptors (Lipinski definition) is 3. The minimum atomic E-state index is -0.234. The third-order valence-electron chi connectivity index (χ3n) is 3.96. The van der Waals surface area contributed by atoms with E-state index in [1.165, 1.54) is 18.5 Å². The highest BCUT2D eigenvalue weighted by Gasteiger charge is 2.18. The summed E-state index contributed by atoms with van der Waals surface area (Å²) in [6.07, 6.45) is 3.06. The Balaban J connectivity index is 2.01. The molecule has 0 aromatic heterocycles. The first kappa shape index (κ1) is 14.4. The third-order valence-corrected chi connectivity index (χ3v) is 3.96. The van der Waals surface area contributed by atoms with Gasteiger partial charge in [0.05, 0.1) is 6.10 Å². The lowest BCUT2D eigenvalue weighted by Crippen LogP contribution is -2.39. The minimum Gasteiger partial charge on any atom is -0.391 e. The normalized spacial score (nSPS) is 18.2. The van der Waals surface area contributed by atoms with Gasteiger partial charge in [-0.05, 0) is 50.4 Å². The van der Waals surface area contributed by atoms with E-state index in [9.17, 15) is 5.11 Å². The van der Waals surface area contributed by atoms with Crippen molar-refractivity contribution in [2.24, 2.45) is 5.92 Å². The summed E-state index contributed by atoms with van der Waals surface area (Å²) in [6, 6.07) is 10.5. The minimum absolute atomic E-state index is 0.234. The van der Waals surface area contributed by atoms with Crippen molar-refractivity contribution in [3.63, 3.8) is 0 Å². The largest absolute Gasteiger partial charge is 0.391 e. The first-order chi connectivity index (χ1) is 9.29. The number of piperidine rings is 1. The van der Waals surface area contributed by atoms with E-state index in [2.05, 4.69) is 34.5 Å². The van der Waals surface area contributed by atoms with Crippen LogP contribution in [-0.4, -0.2) is 37.4 Å². The van der Waals surface area contributed by atoms with Crippen LogP contribution in [0.5, 0.6) is 0 Å². The van der Waals surface area contributed by atoms with E-state index in [0.29, 0.717) is 0 Å². The van der Waals surface area contributed by atoms with Crippen molar-refractivity contribution in [3.05, 3.63) is 30.3 Å². The van der Waals surface area contributed by atoms with Gasteiger partial charge in [0.2, 0.25) is 0 Å². The maximum atomic E-state index is 9.97. The van der Waals surface area contributed by atoms with E-state index in [1.807, 2.05) is 13.0 Å². The van der Waals surface area contributed by atoms with E-state index in [-0.39, 0.29) is 6.10 Å². The van der Waals surface area contributed by atoms with E-state index in [0.717, 1.165) is 38.5 Å². The quantitative estimate of drug-likeness (QED) is 0.825. The lowest BCUT2D eigenvalue weighted by Gasteiger charge is -2.33. The fourth-order valence-corrected chi connectivity index (χ4v) is 2.68. The number of aliphatic hydroxyl groups is 1. The second-order valence-corrected chi connectivity index (χ2v) is 5.50. The third kappa shape index (κ3) is 4.51. The molecule has 0 saturated carbocycles. The summed E-state index contributed by atoms with van der Waals surface area (Å²) in [7, 11) is 0. The van der Waals surface area contributed by atoms with Crippen LogP contribution >= 0.6 is 0 Å². The fourth-order valence-electron chi connectivity index (χ4n) is 2.68. The van der Waals surface area contributed by atoms with Crippen LogP contribution in [0, 0.1) is 5.92 Å². The second kappa shape index (κ2) is 7.51. The molecule has 0 spiro atoms. The Morgan fingerprint density at radius 3 is 2.58 bits per heavy atom. The number of aliphatic hydroxyl groups excluding tert-OH is 1. The number of rotatable bonds is 6. The molecule has 1 aliphatic rings. The first-order valence-corrected chi connectivity index (χ1v) is 7.48. The Labute approximate surface area is 116 Å². The van der Waals surface area contributed by atoms with Crippen molar-refractivity contribution in [3.8, 4) is 0 Å². The van der Waals surface area contributed by atoms with Crippen LogP contribution in [0.1, 0.15) is 26.2 Å². The molecule has 2 rings (SSSR count). The van der Waals surface area contributed by atoms with Crippen LogP contribution in [0.3, 0.4) is 0 Å². The van der Waals surface area contributed by atoms with Crippen LogP contribution in [-0.2, 0) is 0 Å². The topological polar surface area (TPSA) is 35.5 Å². The number of nitrogens with one attached hydrogen (secondary N) is 1. The maximum Gasteiger partial charge on any atom is 0.0712 e. The van der Waals surface area contributed by atoms with Crippen LogP contribution in [0.2, 0.25) is 0 Å². The molecule has 3 heteroatoms. The van der Waals surface area contributed by atoms with Crippen molar-refractivity contribution < 1.29 is 5.11 Å². The summed E-state index contributed by atoms with van der Waals surface area (Å²) in [5.74, 6) is 0.741. The van der Waals surface area contributed by atoms with Gasteiger partial charge in [-0.3, -0.25) is 0 Å². The smallest absolute Gasteiger partial charge is 0.0712 e. The molecule has 2 N–H and O–H groups in total. The predicted molar refractivity (Wildman–Crippen MR) is 80.5 cm³/mol. The molecule has 1 saturated heterocycles. The highest BCUT2D eigenvalue weighted by atomic mass is 16.3. The van der Waals surface area contributed by atoms with Crippen LogP contribution < -0.4 is 10.2 Å². The fraction of sp³-hybridized carbons (Fsp3) is 0.625. The first-order valence-electron chi connectivity index (χ1n) is 7.48. The van der Waals surface area contributed by atoms with Crippen molar-refractivity contribution >= 4 is 5.69 Å². The molecule has 0 bridgehead atoms. The lowest BCUT2D eigenvalue weighted by atomic mass is 9.97. The highest BCUT2D eigenvalue weighted by molar-refractivity contribution is 5.46. The molecule has 0 aliphatic carbocycles. The number of benzene rings is 1. The van der Waals surface area contributed by atoms with E-state index in [1.54, 1.807) is 0 Å². The number of nitrogens with zero attached hydrogens (tertiary/aromatic N) is 1. The van der Waals surface area contributed by atoms with Gasteiger partial charge in [0.25, 0.3) is 0 Å². The van der Waals surface area contributed by atoms with Gasteiger partial charge in [-0.2, -0.15) is 0 Å². The Morgan fingerprint density at radius 1 is 1.26 bits per heavy atom. The van der Waals surface area contributed by atoms with Gasteiger partial charge in [-0.15, -0.1) is 0 Å². The average molecular weight is 262 g/mol. The van der Waals surface area contributed by atoms with Gasteiger partial charge < -0.3 is 15.3 Å². The van der Waals surface area contributed by atoms with Gasteiger partial charge in [0, 0.05) is 18.8 Å². The molecule has 1 fully saturated rings. The van der Waals surface area contributed by atoms with Crippen molar-refractivity contribution in [1.82, 2.24) is 5.32 Å². The molecule has 0 unspecified atom stereocenters. The van der Waals surface area contributed by atoms with Gasteiger partial charge in [0.1, 0.15) is 0 Å². The van der Waals surface area contributed by atoms with Crippen LogP contribution in [0.4, 0.5) is 5.69 Å². The summed E-state index contributed by atoms with van der Waals surface area (Å²) in [5, 5.41) is 13.4. The molecule has 106 valence electrons.